The summed E-state index contributed by atoms with van der Waals surface area (Å²) in [4.78, 5) is 14.9. The third kappa shape index (κ3) is 5.81. The summed E-state index contributed by atoms with van der Waals surface area (Å²) in [6.07, 6.45) is 1.15. The molecule has 1 aliphatic rings. The predicted octanol–water partition coefficient (Wildman–Crippen LogP) is 2.15. The topological polar surface area (TPSA) is 79.0 Å². The summed E-state index contributed by atoms with van der Waals surface area (Å²) in [5.74, 6) is -0.191. The lowest BCUT2D eigenvalue weighted by Crippen LogP contribution is -2.35. The molecule has 0 aliphatic carbocycles. The summed E-state index contributed by atoms with van der Waals surface area (Å²) in [6.45, 7) is 6.61. The minimum Gasteiger partial charge on any atom is -0.379 e. The van der Waals surface area contributed by atoms with Crippen molar-refractivity contribution in [3.05, 3.63) is 64.7 Å². The van der Waals surface area contributed by atoms with Crippen molar-refractivity contribution in [2.24, 2.45) is 0 Å². The van der Waals surface area contributed by atoms with Crippen LogP contribution in [-0.2, 0) is 27.8 Å². The SMILES string of the molecule is Cc1cc(C(=O)NCc2ccc(CN3CCOCC3)cc2)ccc1N(C)S(C)(=O)=O. The van der Waals surface area contributed by atoms with Crippen molar-refractivity contribution in [2.45, 2.75) is 20.0 Å². The first-order chi connectivity index (χ1) is 14.2. The maximum atomic E-state index is 12.5. The lowest BCUT2D eigenvalue weighted by molar-refractivity contribution is 0.0342. The van der Waals surface area contributed by atoms with Crippen LogP contribution in [0.4, 0.5) is 5.69 Å². The summed E-state index contributed by atoms with van der Waals surface area (Å²) in [6, 6.07) is 13.3. The van der Waals surface area contributed by atoms with Gasteiger partial charge in [-0.05, 0) is 41.8 Å². The summed E-state index contributed by atoms with van der Waals surface area (Å²) in [5.41, 5.74) is 4.06. The summed E-state index contributed by atoms with van der Waals surface area (Å²) >= 11 is 0. The van der Waals surface area contributed by atoms with Crippen LogP contribution in [0.5, 0.6) is 0 Å². The van der Waals surface area contributed by atoms with E-state index in [0.29, 0.717) is 17.8 Å². The Morgan fingerprint density at radius 3 is 2.33 bits per heavy atom. The van der Waals surface area contributed by atoms with Crippen molar-refractivity contribution in [3.8, 4) is 0 Å². The molecule has 0 bridgehead atoms. The summed E-state index contributed by atoms with van der Waals surface area (Å²) < 4.78 is 30.1. The van der Waals surface area contributed by atoms with Crippen LogP contribution in [0.25, 0.3) is 0 Å². The lowest BCUT2D eigenvalue weighted by atomic mass is 10.1. The van der Waals surface area contributed by atoms with E-state index in [1.807, 2.05) is 12.1 Å². The van der Waals surface area contributed by atoms with Gasteiger partial charge in [0, 0.05) is 38.8 Å². The van der Waals surface area contributed by atoms with E-state index in [2.05, 4.69) is 22.3 Å². The molecule has 8 heteroatoms. The number of sulfonamides is 1. The number of carbonyl (C=O) groups is 1. The smallest absolute Gasteiger partial charge is 0.251 e. The lowest BCUT2D eigenvalue weighted by Gasteiger charge is -2.26. The number of amides is 1. The molecule has 0 atom stereocenters. The molecule has 1 fully saturated rings. The standard InChI is InChI=1S/C22H29N3O4S/c1-17-14-20(8-9-21(17)24(2)30(3,27)28)22(26)23-15-18-4-6-19(7-5-18)16-25-10-12-29-13-11-25/h4-9,14H,10-13,15-16H2,1-3H3,(H,23,26). The fourth-order valence-corrected chi connectivity index (χ4v) is 3.96. The van der Waals surface area contributed by atoms with Gasteiger partial charge < -0.3 is 10.1 Å². The monoisotopic (exact) mass is 431 g/mol. The fourth-order valence-electron chi connectivity index (χ4n) is 3.39. The second kappa shape index (κ2) is 9.59. The molecular weight excluding hydrogens is 402 g/mol. The number of hydrogen-bond donors (Lipinski definition) is 1. The van der Waals surface area contributed by atoms with Crippen molar-refractivity contribution in [1.29, 1.82) is 0 Å². The quantitative estimate of drug-likeness (QED) is 0.727. The molecule has 30 heavy (non-hydrogen) atoms. The zero-order valence-corrected chi connectivity index (χ0v) is 18.5. The van der Waals surface area contributed by atoms with Crippen LogP contribution in [-0.4, -0.2) is 58.8 Å². The van der Waals surface area contributed by atoms with E-state index in [0.717, 1.165) is 50.2 Å². The van der Waals surface area contributed by atoms with E-state index in [-0.39, 0.29) is 5.91 Å². The van der Waals surface area contributed by atoms with E-state index in [4.69, 9.17) is 4.74 Å². The van der Waals surface area contributed by atoms with E-state index < -0.39 is 10.0 Å². The number of nitrogens with zero attached hydrogens (tertiary/aromatic N) is 2. The van der Waals surface area contributed by atoms with Crippen LogP contribution in [0, 0.1) is 6.92 Å². The van der Waals surface area contributed by atoms with Gasteiger partial charge in [0.2, 0.25) is 10.0 Å². The number of ether oxygens (including phenoxy) is 1. The van der Waals surface area contributed by atoms with Gasteiger partial charge in [-0.1, -0.05) is 24.3 Å². The predicted molar refractivity (Wildman–Crippen MR) is 118 cm³/mol. The van der Waals surface area contributed by atoms with Crippen molar-refractivity contribution in [1.82, 2.24) is 10.2 Å². The molecule has 1 amide bonds. The number of morpholine rings is 1. The van der Waals surface area contributed by atoms with Crippen LogP contribution >= 0.6 is 0 Å². The molecule has 1 N–H and O–H groups in total. The highest BCUT2D eigenvalue weighted by Gasteiger charge is 2.16. The Labute approximate surface area is 178 Å². The second-order valence-electron chi connectivity index (χ2n) is 7.62. The number of nitrogens with one attached hydrogen (secondary N) is 1. The molecule has 7 nitrogen and oxygen atoms in total. The van der Waals surface area contributed by atoms with Crippen molar-refractivity contribution < 1.29 is 17.9 Å². The highest BCUT2D eigenvalue weighted by Crippen LogP contribution is 2.22. The van der Waals surface area contributed by atoms with E-state index in [1.165, 1.54) is 16.9 Å². The number of rotatable bonds is 7. The number of anilines is 1. The Morgan fingerprint density at radius 1 is 1.10 bits per heavy atom. The van der Waals surface area contributed by atoms with Gasteiger partial charge in [0.05, 0.1) is 25.2 Å². The van der Waals surface area contributed by atoms with Crippen molar-refractivity contribution in [2.75, 3.05) is 43.9 Å². The van der Waals surface area contributed by atoms with Gasteiger partial charge in [-0.25, -0.2) is 8.42 Å². The summed E-state index contributed by atoms with van der Waals surface area (Å²) in [5, 5.41) is 2.92. The largest absolute Gasteiger partial charge is 0.379 e. The highest BCUT2D eigenvalue weighted by atomic mass is 32.2. The van der Waals surface area contributed by atoms with Gasteiger partial charge >= 0.3 is 0 Å². The van der Waals surface area contributed by atoms with Gasteiger partial charge in [0.1, 0.15) is 0 Å². The Kier molecular flexibility index (Phi) is 7.12. The zero-order valence-electron chi connectivity index (χ0n) is 17.7. The van der Waals surface area contributed by atoms with Crippen LogP contribution < -0.4 is 9.62 Å². The number of benzene rings is 2. The van der Waals surface area contributed by atoms with E-state index in [1.54, 1.807) is 25.1 Å². The molecular formula is C22H29N3O4S. The molecule has 0 aromatic heterocycles. The third-order valence-corrected chi connectivity index (χ3v) is 6.47. The molecule has 1 saturated heterocycles. The molecule has 2 aromatic rings. The molecule has 1 heterocycles. The van der Waals surface area contributed by atoms with Crippen LogP contribution in [0.3, 0.4) is 0 Å². The average molecular weight is 432 g/mol. The Hall–Kier alpha value is -2.42. The molecule has 0 spiro atoms. The first kappa shape index (κ1) is 22.3. The van der Waals surface area contributed by atoms with E-state index in [9.17, 15) is 13.2 Å². The summed E-state index contributed by atoms with van der Waals surface area (Å²) in [7, 11) is -1.85. The Bertz CT molecular complexity index is 984. The van der Waals surface area contributed by atoms with Gasteiger partial charge in [0.15, 0.2) is 0 Å². The van der Waals surface area contributed by atoms with Gasteiger partial charge in [-0.2, -0.15) is 0 Å². The maximum Gasteiger partial charge on any atom is 0.251 e. The molecule has 1 aliphatic heterocycles. The Balaban J connectivity index is 1.56. The molecule has 0 radical (unpaired) electrons. The molecule has 162 valence electrons. The minimum atomic E-state index is -3.35. The number of aryl methyl sites for hydroxylation is 1. The van der Waals surface area contributed by atoms with Crippen molar-refractivity contribution in [3.63, 3.8) is 0 Å². The average Bonchev–Trinajstić information content (AvgIpc) is 2.72. The van der Waals surface area contributed by atoms with Gasteiger partial charge in [0.25, 0.3) is 5.91 Å². The van der Waals surface area contributed by atoms with Gasteiger partial charge in [-0.3, -0.25) is 14.0 Å². The number of carbonyl (C=O) groups excluding carboxylic acids is 1. The van der Waals surface area contributed by atoms with E-state index >= 15 is 0 Å². The Morgan fingerprint density at radius 2 is 1.73 bits per heavy atom. The van der Waals surface area contributed by atoms with Gasteiger partial charge in [-0.15, -0.1) is 0 Å². The second-order valence-corrected chi connectivity index (χ2v) is 9.63. The van der Waals surface area contributed by atoms with Crippen LogP contribution in [0.1, 0.15) is 27.0 Å². The molecule has 2 aromatic carbocycles. The molecule has 0 unspecified atom stereocenters. The van der Waals surface area contributed by atoms with Crippen LogP contribution in [0.2, 0.25) is 0 Å². The van der Waals surface area contributed by atoms with Crippen molar-refractivity contribution >= 4 is 21.6 Å². The minimum absolute atomic E-state index is 0.191. The maximum absolute atomic E-state index is 12.5. The first-order valence-electron chi connectivity index (χ1n) is 9.95. The normalized spacial score (nSPS) is 15.0. The fraction of sp³-hybridized carbons (Fsp3) is 0.409. The number of hydrogen-bond acceptors (Lipinski definition) is 5. The third-order valence-electron chi connectivity index (χ3n) is 5.28. The first-order valence-corrected chi connectivity index (χ1v) is 11.8. The highest BCUT2D eigenvalue weighted by molar-refractivity contribution is 7.92. The molecule has 0 saturated carbocycles. The zero-order chi connectivity index (χ0) is 21.7. The molecule has 3 rings (SSSR count). The van der Waals surface area contributed by atoms with Crippen LogP contribution in [0.15, 0.2) is 42.5 Å².